The SMILES string of the molecule is CCC1=CCCN1C(=O)OC(C)(C)C. The maximum atomic E-state index is 11.7. The van der Waals surface area contributed by atoms with Crippen LogP contribution in [0.2, 0.25) is 0 Å². The first-order valence-electron chi connectivity index (χ1n) is 5.13. The van der Waals surface area contributed by atoms with Gasteiger partial charge in [-0.2, -0.15) is 0 Å². The van der Waals surface area contributed by atoms with Crippen LogP contribution in [0.3, 0.4) is 0 Å². The zero-order valence-electron chi connectivity index (χ0n) is 9.46. The van der Waals surface area contributed by atoms with E-state index in [1.807, 2.05) is 20.8 Å². The van der Waals surface area contributed by atoms with Crippen molar-refractivity contribution in [3.63, 3.8) is 0 Å². The first-order valence-corrected chi connectivity index (χ1v) is 5.13. The fraction of sp³-hybridized carbons (Fsp3) is 0.727. The van der Waals surface area contributed by atoms with Crippen LogP contribution >= 0.6 is 0 Å². The van der Waals surface area contributed by atoms with Gasteiger partial charge in [-0.05, 0) is 33.6 Å². The summed E-state index contributed by atoms with van der Waals surface area (Å²) in [6, 6.07) is 0. The molecule has 0 aromatic heterocycles. The molecule has 0 aromatic carbocycles. The normalized spacial score (nSPS) is 16.9. The highest BCUT2D eigenvalue weighted by atomic mass is 16.6. The van der Waals surface area contributed by atoms with E-state index in [9.17, 15) is 4.79 Å². The lowest BCUT2D eigenvalue weighted by molar-refractivity contribution is 0.0326. The molecule has 0 bridgehead atoms. The first kappa shape index (κ1) is 11.1. The van der Waals surface area contributed by atoms with Crippen LogP contribution in [0.5, 0.6) is 0 Å². The summed E-state index contributed by atoms with van der Waals surface area (Å²) in [5, 5.41) is 0. The van der Waals surface area contributed by atoms with Crippen LogP contribution in [0.1, 0.15) is 40.5 Å². The summed E-state index contributed by atoms with van der Waals surface area (Å²) in [6.45, 7) is 8.47. The summed E-state index contributed by atoms with van der Waals surface area (Å²) in [5.41, 5.74) is 0.678. The molecular formula is C11H19NO2. The summed E-state index contributed by atoms with van der Waals surface area (Å²) >= 11 is 0. The van der Waals surface area contributed by atoms with E-state index in [1.165, 1.54) is 0 Å². The summed E-state index contributed by atoms with van der Waals surface area (Å²) in [4.78, 5) is 13.4. The van der Waals surface area contributed by atoms with Gasteiger partial charge in [0.1, 0.15) is 5.60 Å². The van der Waals surface area contributed by atoms with Crippen molar-refractivity contribution in [2.45, 2.75) is 46.1 Å². The first-order chi connectivity index (χ1) is 6.44. The van der Waals surface area contributed by atoms with Gasteiger partial charge in [-0.3, -0.25) is 4.90 Å². The Morgan fingerprint density at radius 2 is 2.21 bits per heavy atom. The Hall–Kier alpha value is -0.990. The van der Waals surface area contributed by atoms with E-state index in [1.54, 1.807) is 4.90 Å². The second-order valence-electron chi connectivity index (χ2n) is 4.47. The maximum Gasteiger partial charge on any atom is 0.414 e. The topological polar surface area (TPSA) is 29.5 Å². The maximum absolute atomic E-state index is 11.7. The highest BCUT2D eigenvalue weighted by Gasteiger charge is 2.25. The van der Waals surface area contributed by atoms with Gasteiger partial charge in [-0.25, -0.2) is 4.79 Å². The van der Waals surface area contributed by atoms with E-state index in [-0.39, 0.29) is 6.09 Å². The van der Waals surface area contributed by atoms with Crippen molar-refractivity contribution in [1.82, 2.24) is 4.90 Å². The minimum atomic E-state index is -0.404. The Labute approximate surface area is 85.7 Å². The highest BCUT2D eigenvalue weighted by Crippen LogP contribution is 2.20. The van der Waals surface area contributed by atoms with Crippen molar-refractivity contribution in [1.29, 1.82) is 0 Å². The predicted molar refractivity (Wildman–Crippen MR) is 55.9 cm³/mol. The molecule has 0 saturated heterocycles. The van der Waals surface area contributed by atoms with Crippen molar-refractivity contribution >= 4 is 6.09 Å². The van der Waals surface area contributed by atoms with E-state index in [4.69, 9.17) is 4.74 Å². The van der Waals surface area contributed by atoms with Crippen molar-refractivity contribution in [2.75, 3.05) is 6.54 Å². The molecular weight excluding hydrogens is 178 g/mol. The standard InChI is InChI=1S/C11H19NO2/c1-5-9-7-6-8-12(9)10(13)14-11(2,3)4/h7H,5-6,8H2,1-4H3. The Morgan fingerprint density at radius 3 is 2.71 bits per heavy atom. The second-order valence-corrected chi connectivity index (χ2v) is 4.47. The molecule has 0 saturated carbocycles. The average Bonchev–Trinajstić information content (AvgIpc) is 2.47. The molecule has 0 spiro atoms. The number of carbonyl (C=O) groups is 1. The van der Waals surface area contributed by atoms with Gasteiger partial charge in [-0.15, -0.1) is 0 Å². The summed E-state index contributed by atoms with van der Waals surface area (Å²) in [5.74, 6) is 0. The lowest BCUT2D eigenvalue weighted by atomic mass is 10.2. The van der Waals surface area contributed by atoms with E-state index in [0.717, 1.165) is 25.1 Å². The lowest BCUT2D eigenvalue weighted by Gasteiger charge is -2.25. The second kappa shape index (κ2) is 4.03. The number of nitrogens with zero attached hydrogens (tertiary/aromatic N) is 1. The molecule has 0 aliphatic carbocycles. The minimum Gasteiger partial charge on any atom is -0.443 e. The number of ether oxygens (including phenoxy) is 1. The molecule has 0 aromatic rings. The molecule has 1 rings (SSSR count). The van der Waals surface area contributed by atoms with E-state index in [2.05, 4.69) is 13.0 Å². The van der Waals surface area contributed by atoms with Gasteiger partial charge in [0.2, 0.25) is 0 Å². The molecule has 1 heterocycles. The quantitative estimate of drug-likeness (QED) is 0.646. The molecule has 0 radical (unpaired) electrons. The van der Waals surface area contributed by atoms with Crippen LogP contribution in [0.4, 0.5) is 4.79 Å². The zero-order valence-corrected chi connectivity index (χ0v) is 9.46. The van der Waals surface area contributed by atoms with Crippen molar-refractivity contribution in [3.05, 3.63) is 11.8 Å². The Morgan fingerprint density at radius 1 is 1.57 bits per heavy atom. The van der Waals surface area contributed by atoms with Crippen LogP contribution in [0.25, 0.3) is 0 Å². The zero-order chi connectivity index (χ0) is 10.8. The van der Waals surface area contributed by atoms with Crippen LogP contribution in [0.15, 0.2) is 11.8 Å². The lowest BCUT2D eigenvalue weighted by Crippen LogP contribution is -2.34. The third kappa shape index (κ3) is 2.76. The van der Waals surface area contributed by atoms with Gasteiger partial charge in [0, 0.05) is 12.2 Å². The minimum absolute atomic E-state index is 0.219. The number of amides is 1. The van der Waals surface area contributed by atoms with E-state index >= 15 is 0 Å². The average molecular weight is 197 g/mol. The molecule has 3 heteroatoms. The van der Waals surface area contributed by atoms with Crippen molar-refractivity contribution < 1.29 is 9.53 Å². The van der Waals surface area contributed by atoms with Gasteiger partial charge in [0.25, 0.3) is 0 Å². The largest absolute Gasteiger partial charge is 0.443 e. The number of hydrogen-bond acceptors (Lipinski definition) is 2. The van der Waals surface area contributed by atoms with Crippen LogP contribution in [-0.2, 0) is 4.74 Å². The third-order valence-corrected chi connectivity index (χ3v) is 2.06. The fourth-order valence-electron chi connectivity index (χ4n) is 1.47. The molecule has 1 amide bonds. The van der Waals surface area contributed by atoms with Crippen LogP contribution in [-0.4, -0.2) is 23.1 Å². The highest BCUT2D eigenvalue weighted by molar-refractivity contribution is 5.71. The Kier molecular flexibility index (Phi) is 3.19. The van der Waals surface area contributed by atoms with Gasteiger partial charge >= 0.3 is 6.09 Å². The number of allylic oxidation sites excluding steroid dienone is 1. The third-order valence-electron chi connectivity index (χ3n) is 2.06. The molecule has 0 fully saturated rings. The van der Waals surface area contributed by atoms with Gasteiger partial charge in [-0.1, -0.05) is 13.0 Å². The summed E-state index contributed by atoms with van der Waals surface area (Å²) in [6.07, 6.45) is 3.72. The van der Waals surface area contributed by atoms with Gasteiger partial charge < -0.3 is 4.74 Å². The summed E-state index contributed by atoms with van der Waals surface area (Å²) < 4.78 is 5.30. The number of rotatable bonds is 1. The molecule has 0 atom stereocenters. The molecule has 0 unspecified atom stereocenters. The van der Waals surface area contributed by atoms with E-state index < -0.39 is 5.60 Å². The van der Waals surface area contributed by atoms with Crippen LogP contribution < -0.4 is 0 Å². The monoisotopic (exact) mass is 197 g/mol. The molecule has 80 valence electrons. The Bertz CT molecular complexity index is 251. The van der Waals surface area contributed by atoms with E-state index in [0.29, 0.717) is 0 Å². The smallest absolute Gasteiger partial charge is 0.414 e. The van der Waals surface area contributed by atoms with Crippen LogP contribution in [0, 0.1) is 0 Å². The molecule has 3 nitrogen and oxygen atoms in total. The van der Waals surface area contributed by atoms with Gasteiger partial charge in [0.05, 0.1) is 0 Å². The number of hydrogen-bond donors (Lipinski definition) is 0. The van der Waals surface area contributed by atoms with Crippen molar-refractivity contribution in [2.24, 2.45) is 0 Å². The molecule has 0 N–H and O–H groups in total. The van der Waals surface area contributed by atoms with Gasteiger partial charge in [0.15, 0.2) is 0 Å². The fourth-order valence-corrected chi connectivity index (χ4v) is 1.47. The molecule has 1 aliphatic rings. The summed E-state index contributed by atoms with van der Waals surface area (Å²) in [7, 11) is 0. The number of carbonyl (C=O) groups excluding carboxylic acids is 1. The molecule has 1 aliphatic heterocycles. The Balaban J connectivity index is 2.58. The predicted octanol–water partition coefficient (Wildman–Crippen LogP) is 2.92. The molecule has 14 heavy (non-hydrogen) atoms. The van der Waals surface area contributed by atoms with Crippen molar-refractivity contribution in [3.8, 4) is 0 Å².